The van der Waals surface area contributed by atoms with Crippen LogP contribution >= 0.6 is 11.3 Å². The fourth-order valence-corrected chi connectivity index (χ4v) is 2.18. The van der Waals surface area contributed by atoms with E-state index in [2.05, 4.69) is 39.0 Å². The van der Waals surface area contributed by atoms with E-state index in [1.807, 2.05) is 6.20 Å². The Bertz CT molecular complexity index is 385. The van der Waals surface area contributed by atoms with Crippen LogP contribution in [-0.2, 0) is 0 Å². The minimum absolute atomic E-state index is 0.162. The van der Waals surface area contributed by atoms with Crippen LogP contribution in [0.1, 0.15) is 24.2 Å². The predicted octanol–water partition coefficient (Wildman–Crippen LogP) is 2.24. The van der Waals surface area contributed by atoms with Gasteiger partial charge in [0.1, 0.15) is 0 Å². The largest absolute Gasteiger partial charge is 0.305 e. The van der Waals surface area contributed by atoms with Gasteiger partial charge in [0.15, 0.2) is 0 Å². The van der Waals surface area contributed by atoms with Crippen molar-refractivity contribution in [3.63, 3.8) is 0 Å². The number of hydrogen-bond acceptors (Lipinski definition) is 4. The Hall–Kier alpha value is -1.26. The molecule has 0 saturated heterocycles. The number of rotatable bonds is 4. The van der Waals surface area contributed by atoms with Gasteiger partial charge in [0, 0.05) is 12.4 Å². The quantitative estimate of drug-likeness (QED) is 0.857. The number of nitrogens with one attached hydrogen (secondary N) is 1. The molecule has 0 aliphatic rings. The summed E-state index contributed by atoms with van der Waals surface area (Å²) in [5, 5.41) is 7.63. The lowest BCUT2D eigenvalue weighted by Gasteiger charge is -2.15. The Balaban J connectivity index is 2.28. The van der Waals surface area contributed by atoms with E-state index < -0.39 is 0 Å². The molecule has 78 valence electrons. The van der Waals surface area contributed by atoms with Gasteiger partial charge in [0.25, 0.3) is 0 Å². The molecule has 0 spiro atoms. The Kier molecular flexibility index (Phi) is 3.42. The van der Waals surface area contributed by atoms with Crippen molar-refractivity contribution in [1.29, 1.82) is 0 Å². The third-order valence-corrected chi connectivity index (χ3v) is 2.87. The summed E-state index contributed by atoms with van der Waals surface area (Å²) in [5.74, 6) is 0. The van der Waals surface area contributed by atoms with Crippen molar-refractivity contribution >= 4 is 11.3 Å². The topological polar surface area (TPSA) is 37.8 Å². The molecule has 0 aliphatic heterocycles. The number of hydrogen-bond donors (Lipinski definition) is 1. The monoisotopic (exact) mass is 219 g/mol. The van der Waals surface area contributed by atoms with Gasteiger partial charge in [-0.3, -0.25) is 9.97 Å². The van der Waals surface area contributed by atoms with Crippen LogP contribution in [0.5, 0.6) is 0 Å². The minimum Gasteiger partial charge on any atom is -0.305 e. The molecular weight excluding hydrogens is 206 g/mol. The van der Waals surface area contributed by atoms with Crippen molar-refractivity contribution in [2.75, 3.05) is 6.54 Å². The summed E-state index contributed by atoms with van der Waals surface area (Å²) in [4.78, 5) is 8.43. The zero-order chi connectivity index (χ0) is 10.5. The molecule has 0 aliphatic carbocycles. The summed E-state index contributed by atoms with van der Waals surface area (Å²) in [6.45, 7) is 3.01. The lowest BCUT2D eigenvalue weighted by atomic mass is 10.1. The van der Waals surface area contributed by atoms with Crippen LogP contribution in [0.25, 0.3) is 0 Å². The second-order valence-electron chi connectivity index (χ2n) is 3.18. The van der Waals surface area contributed by atoms with Gasteiger partial charge in [-0.1, -0.05) is 6.92 Å². The van der Waals surface area contributed by atoms with Gasteiger partial charge < -0.3 is 5.32 Å². The average molecular weight is 219 g/mol. The Morgan fingerprint density at radius 2 is 2.40 bits per heavy atom. The second kappa shape index (κ2) is 5.00. The van der Waals surface area contributed by atoms with Gasteiger partial charge in [0.2, 0.25) is 0 Å². The summed E-state index contributed by atoms with van der Waals surface area (Å²) in [5.41, 5.74) is 2.22. The fourth-order valence-electron chi connectivity index (χ4n) is 1.50. The maximum absolute atomic E-state index is 4.33. The van der Waals surface area contributed by atoms with Gasteiger partial charge in [-0.05, 0) is 28.9 Å². The third-order valence-electron chi connectivity index (χ3n) is 2.16. The van der Waals surface area contributed by atoms with Crippen molar-refractivity contribution in [1.82, 2.24) is 15.3 Å². The van der Waals surface area contributed by atoms with Crippen LogP contribution in [0, 0.1) is 0 Å². The number of nitrogens with zero attached hydrogens (tertiary/aromatic N) is 2. The molecule has 1 N–H and O–H groups in total. The van der Waals surface area contributed by atoms with Crippen LogP contribution in [0.2, 0.25) is 0 Å². The third kappa shape index (κ3) is 2.40. The highest BCUT2D eigenvalue weighted by Crippen LogP contribution is 2.21. The van der Waals surface area contributed by atoms with Gasteiger partial charge in [-0.2, -0.15) is 11.3 Å². The predicted molar refractivity (Wildman–Crippen MR) is 61.9 cm³/mol. The van der Waals surface area contributed by atoms with Crippen molar-refractivity contribution < 1.29 is 0 Å². The van der Waals surface area contributed by atoms with Gasteiger partial charge in [-0.15, -0.1) is 0 Å². The van der Waals surface area contributed by atoms with Gasteiger partial charge >= 0.3 is 0 Å². The molecule has 4 heteroatoms. The van der Waals surface area contributed by atoms with E-state index in [1.54, 1.807) is 23.7 Å². The summed E-state index contributed by atoms with van der Waals surface area (Å²) in [7, 11) is 0. The maximum atomic E-state index is 4.33. The zero-order valence-electron chi connectivity index (χ0n) is 8.55. The van der Waals surface area contributed by atoms with Crippen molar-refractivity contribution in [3.8, 4) is 0 Å². The molecule has 0 amide bonds. The molecule has 15 heavy (non-hydrogen) atoms. The number of aromatic nitrogens is 2. The second-order valence-corrected chi connectivity index (χ2v) is 3.96. The molecule has 1 atom stereocenters. The molecule has 0 radical (unpaired) electrons. The maximum Gasteiger partial charge on any atom is 0.0801 e. The molecule has 2 aromatic rings. The Labute approximate surface area is 93.2 Å². The molecule has 2 rings (SSSR count). The lowest BCUT2D eigenvalue weighted by molar-refractivity contribution is 0.614. The first-order valence-electron chi connectivity index (χ1n) is 4.93. The lowest BCUT2D eigenvalue weighted by Crippen LogP contribution is -2.22. The standard InChI is InChI=1S/C11H13N3S/c1-2-13-11(9-3-6-15-8-9)10-7-12-4-5-14-10/h3-8,11,13H,2H2,1H3. The van der Waals surface area contributed by atoms with Crippen LogP contribution in [0.3, 0.4) is 0 Å². The molecule has 1 unspecified atom stereocenters. The van der Waals surface area contributed by atoms with E-state index in [9.17, 15) is 0 Å². The zero-order valence-corrected chi connectivity index (χ0v) is 9.37. The Morgan fingerprint density at radius 3 is 3.00 bits per heavy atom. The first-order valence-corrected chi connectivity index (χ1v) is 5.87. The molecule has 2 aromatic heterocycles. The molecule has 3 nitrogen and oxygen atoms in total. The molecular formula is C11H13N3S. The Morgan fingerprint density at radius 1 is 1.47 bits per heavy atom. The van der Waals surface area contributed by atoms with Crippen LogP contribution < -0.4 is 5.32 Å². The van der Waals surface area contributed by atoms with E-state index in [1.165, 1.54) is 5.56 Å². The summed E-state index contributed by atoms with van der Waals surface area (Å²) in [6, 6.07) is 2.28. The van der Waals surface area contributed by atoms with E-state index in [4.69, 9.17) is 0 Å². The molecule has 0 aromatic carbocycles. The van der Waals surface area contributed by atoms with Crippen molar-refractivity contribution in [2.24, 2.45) is 0 Å². The molecule has 0 saturated carbocycles. The summed E-state index contributed by atoms with van der Waals surface area (Å²) < 4.78 is 0. The normalized spacial score (nSPS) is 12.6. The minimum atomic E-state index is 0.162. The first-order chi connectivity index (χ1) is 7.42. The smallest absolute Gasteiger partial charge is 0.0801 e. The number of thiophene rings is 1. The van der Waals surface area contributed by atoms with E-state index in [0.717, 1.165) is 12.2 Å². The molecule has 0 fully saturated rings. The molecule has 2 heterocycles. The highest BCUT2D eigenvalue weighted by molar-refractivity contribution is 7.08. The van der Waals surface area contributed by atoms with E-state index in [-0.39, 0.29) is 6.04 Å². The molecule has 0 bridgehead atoms. The van der Waals surface area contributed by atoms with Crippen LogP contribution in [0.15, 0.2) is 35.4 Å². The van der Waals surface area contributed by atoms with E-state index in [0.29, 0.717) is 0 Å². The van der Waals surface area contributed by atoms with Crippen molar-refractivity contribution in [3.05, 3.63) is 46.7 Å². The highest BCUT2D eigenvalue weighted by Gasteiger charge is 2.14. The van der Waals surface area contributed by atoms with E-state index >= 15 is 0 Å². The van der Waals surface area contributed by atoms with Gasteiger partial charge in [0.05, 0.1) is 17.9 Å². The summed E-state index contributed by atoms with van der Waals surface area (Å²) in [6.07, 6.45) is 5.23. The average Bonchev–Trinajstić information content (AvgIpc) is 2.80. The summed E-state index contributed by atoms with van der Waals surface area (Å²) >= 11 is 1.70. The van der Waals surface area contributed by atoms with Crippen molar-refractivity contribution in [2.45, 2.75) is 13.0 Å². The van der Waals surface area contributed by atoms with Gasteiger partial charge in [-0.25, -0.2) is 0 Å². The van der Waals surface area contributed by atoms with Crippen LogP contribution in [0.4, 0.5) is 0 Å². The van der Waals surface area contributed by atoms with Crippen LogP contribution in [-0.4, -0.2) is 16.5 Å². The highest BCUT2D eigenvalue weighted by atomic mass is 32.1. The first kappa shape index (κ1) is 10.3. The SMILES string of the molecule is CCNC(c1ccsc1)c1cnccn1. The fraction of sp³-hybridized carbons (Fsp3) is 0.273.